The Morgan fingerprint density at radius 3 is 2.36 bits per heavy atom. The van der Waals surface area contributed by atoms with Crippen molar-refractivity contribution < 1.29 is 9.59 Å². The average Bonchev–Trinajstić information content (AvgIpc) is 2.93. The van der Waals surface area contributed by atoms with E-state index in [1.54, 1.807) is 4.90 Å². The van der Waals surface area contributed by atoms with Crippen molar-refractivity contribution in [1.29, 1.82) is 0 Å². The third kappa shape index (κ3) is 4.84. The largest absolute Gasteiger partial charge is 0.334 e. The summed E-state index contributed by atoms with van der Waals surface area (Å²) in [4.78, 5) is 29.8. The van der Waals surface area contributed by atoms with Crippen molar-refractivity contribution in [2.45, 2.75) is 38.4 Å². The number of nitrogens with one attached hydrogen (secondary N) is 1. The van der Waals surface area contributed by atoms with Crippen LogP contribution in [0.3, 0.4) is 0 Å². The second-order valence-electron chi connectivity index (χ2n) is 9.72. The molecule has 1 heterocycles. The number of carbonyl (C=O) groups excluding carboxylic acids is 2. The van der Waals surface area contributed by atoms with Crippen LogP contribution in [0.2, 0.25) is 0 Å². The van der Waals surface area contributed by atoms with Crippen LogP contribution in [-0.2, 0) is 17.9 Å². The topological polar surface area (TPSA) is 52.7 Å². The maximum Gasteiger partial charge on any atom is 0.318 e. The van der Waals surface area contributed by atoms with E-state index in [0.29, 0.717) is 25.9 Å². The zero-order chi connectivity index (χ0) is 25.0. The lowest BCUT2D eigenvalue weighted by Crippen LogP contribution is -2.60. The molecular weight excluding hydrogens is 446 g/mol. The monoisotopic (exact) mass is 479 g/mol. The molecule has 0 spiro atoms. The second kappa shape index (κ2) is 10.5. The summed E-state index contributed by atoms with van der Waals surface area (Å²) in [5.74, 6) is 0. The molecule has 0 unspecified atom stereocenters. The molecule has 5 rings (SSSR count). The predicted octanol–water partition coefficient (Wildman–Crippen LogP) is 5.76. The van der Waals surface area contributed by atoms with E-state index >= 15 is 0 Å². The molecule has 4 aromatic rings. The fourth-order valence-corrected chi connectivity index (χ4v) is 5.50. The second-order valence-corrected chi connectivity index (χ2v) is 9.72. The molecule has 0 aromatic heterocycles. The van der Waals surface area contributed by atoms with E-state index in [1.165, 1.54) is 21.7 Å². The highest BCUT2D eigenvalue weighted by molar-refractivity contribution is 5.86. The minimum Gasteiger partial charge on any atom is -0.334 e. The van der Waals surface area contributed by atoms with Crippen LogP contribution < -0.4 is 5.32 Å². The van der Waals surface area contributed by atoms with Crippen LogP contribution in [0.5, 0.6) is 0 Å². The maximum absolute atomic E-state index is 13.2. The van der Waals surface area contributed by atoms with E-state index in [9.17, 15) is 9.59 Å². The smallest absolute Gasteiger partial charge is 0.318 e. The number of aldehydes is 1. The first-order valence-corrected chi connectivity index (χ1v) is 12.8. The van der Waals surface area contributed by atoms with Gasteiger partial charge in [0.1, 0.15) is 11.8 Å². The molecule has 1 saturated heterocycles. The number of carbonyl (C=O) groups is 2. The first-order chi connectivity index (χ1) is 17.6. The van der Waals surface area contributed by atoms with Gasteiger partial charge in [-0.05, 0) is 58.5 Å². The van der Waals surface area contributed by atoms with Gasteiger partial charge in [-0.25, -0.2) is 4.79 Å². The summed E-state index contributed by atoms with van der Waals surface area (Å²) in [5, 5.41) is 7.91. The van der Waals surface area contributed by atoms with Gasteiger partial charge in [-0.2, -0.15) is 0 Å². The molecule has 2 amide bonds. The summed E-state index contributed by atoms with van der Waals surface area (Å²) in [5.41, 5.74) is 1.58. The Kier molecular flexibility index (Phi) is 7.01. The summed E-state index contributed by atoms with van der Waals surface area (Å²) < 4.78 is 0. The third-order valence-electron chi connectivity index (χ3n) is 7.57. The number of likely N-dealkylation sites (tertiary alicyclic amines) is 1. The molecule has 36 heavy (non-hydrogen) atoms. The van der Waals surface area contributed by atoms with Crippen molar-refractivity contribution in [1.82, 2.24) is 15.1 Å². The van der Waals surface area contributed by atoms with E-state index < -0.39 is 5.54 Å². The van der Waals surface area contributed by atoms with Crippen molar-refractivity contribution in [2.24, 2.45) is 0 Å². The van der Waals surface area contributed by atoms with Crippen molar-refractivity contribution >= 4 is 33.9 Å². The summed E-state index contributed by atoms with van der Waals surface area (Å²) in [7, 11) is 0. The fourth-order valence-electron chi connectivity index (χ4n) is 5.50. The predicted molar refractivity (Wildman–Crippen MR) is 146 cm³/mol. The number of rotatable bonds is 7. The molecule has 184 valence electrons. The molecule has 0 saturated carbocycles. The van der Waals surface area contributed by atoms with Gasteiger partial charge in [-0.15, -0.1) is 0 Å². The van der Waals surface area contributed by atoms with E-state index in [0.717, 1.165) is 36.9 Å². The number of nitrogens with zero attached hydrogens (tertiary/aromatic N) is 2. The molecule has 4 aromatic carbocycles. The number of amides is 2. The number of piperidine rings is 1. The van der Waals surface area contributed by atoms with Crippen molar-refractivity contribution in [2.75, 3.05) is 19.6 Å². The lowest BCUT2D eigenvalue weighted by atomic mass is 9.86. The summed E-state index contributed by atoms with van der Waals surface area (Å²) in [6, 6.07) is 29.1. The van der Waals surface area contributed by atoms with Crippen molar-refractivity contribution in [3.63, 3.8) is 0 Å². The standard InChI is InChI=1S/C31H33N3O2/c1-2-34(30(36)32-21-24-14-15-25-8-3-4-10-27(25)20-24)31(23-35)16-18-33(19-17-31)22-28-12-7-11-26-9-5-6-13-29(26)28/h3-15,20,23H,2,16-19,21-22H2,1H3,(H,32,36). The molecule has 0 radical (unpaired) electrons. The maximum atomic E-state index is 13.2. The summed E-state index contributed by atoms with van der Waals surface area (Å²) in [6.07, 6.45) is 2.28. The van der Waals surface area contributed by atoms with Gasteiger partial charge in [-0.1, -0.05) is 78.9 Å². The van der Waals surface area contributed by atoms with Gasteiger partial charge in [0, 0.05) is 32.7 Å². The molecule has 5 heteroatoms. The van der Waals surface area contributed by atoms with Gasteiger partial charge in [0.2, 0.25) is 0 Å². The van der Waals surface area contributed by atoms with Crippen LogP contribution >= 0.6 is 0 Å². The Morgan fingerprint density at radius 1 is 0.917 bits per heavy atom. The number of hydrogen-bond donors (Lipinski definition) is 1. The van der Waals surface area contributed by atoms with Crippen LogP contribution in [0, 0.1) is 0 Å². The Morgan fingerprint density at radius 2 is 1.61 bits per heavy atom. The highest BCUT2D eigenvalue weighted by atomic mass is 16.2. The van der Waals surface area contributed by atoms with E-state index in [4.69, 9.17) is 0 Å². The fraction of sp³-hybridized carbons (Fsp3) is 0.290. The molecule has 1 fully saturated rings. The van der Waals surface area contributed by atoms with Crippen LogP contribution in [0.15, 0.2) is 84.9 Å². The van der Waals surface area contributed by atoms with Gasteiger partial charge in [-0.3, -0.25) is 4.90 Å². The van der Waals surface area contributed by atoms with E-state index in [2.05, 4.69) is 76.9 Å². The first kappa shape index (κ1) is 24.0. The zero-order valence-corrected chi connectivity index (χ0v) is 20.8. The SMILES string of the molecule is CCN(C(=O)NCc1ccc2ccccc2c1)C1(C=O)CCN(Cc2cccc3ccccc23)CC1. The minimum atomic E-state index is -0.766. The lowest BCUT2D eigenvalue weighted by Gasteiger charge is -2.45. The van der Waals surface area contributed by atoms with Crippen LogP contribution in [0.1, 0.15) is 30.9 Å². The number of benzene rings is 4. The Labute approximate surface area is 212 Å². The highest BCUT2D eigenvalue weighted by Gasteiger charge is 2.41. The molecule has 1 aliphatic rings. The van der Waals surface area contributed by atoms with Gasteiger partial charge in [0.15, 0.2) is 0 Å². The minimum absolute atomic E-state index is 0.180. The number of hydrogen-bond acceptors (Lipinski definition) is 3. The quantitative estimate of drug-likeness (QED) is 0.343. The molecule has 0 atom stereocenters. The molecule has 0 aliphatic carbocycles. The Bertz CT molecular complexity index is 1370. The molecular formula is C31H33N3O2. The Hall–Kier alpha value is -3.70. The number of fused-ring (bicyclic) bond motifs is 2. The summed E-state index contributed by atoms with van der Waals surface area (Å²) >= 11 is 0. The third-order valence-corrected chi connectivity index (χ3v) is 7.57. The van der Waals surface area contributed by atoms with E-state index in [1.807, 2.05) is 25.1 Å². The van der Waals surface area contributed by atoms with Gasteiger partial charge in [0.25, 0.3) is 0 Å². The Balaban J connectivity index is 1.23. The van der Waals surface area contributed by atoms with Crippen LogP contribution in [0.25, 0.3) is 21.5 Å². The van der Waals surface area contributed by atoms with Crippen molar-refractivity contribution in [3.8, 4) is 0 Å². The van der Waals surface area contributed by atoms with Crippen LogP contribution in [0.4, 0.5) is 4.79 Å². The van der Waals surface area contributed by atoms with Gasteiger partial charge < -0.3 is 15.0 Å². The number of likely N-dealkylation sites (N-methyl/N-ethyl adjacent to an activating group) is 1. The van der Waals surface area contributed by atoms with Crippen molar-refractivity contribution in [3.05, 3.63) is 96.1 Å². The number of urea groups is 1. The zero-order valence-electron chi connectivity index (χ0n) is 20.8. The van der Waals surface area contributed by atoms with Gasteiger partial charge >= 0.3 is 6.03 Å². The van der Waals surface area contributed by atoms with Crippen LogP contribution in [-0.4, -0.2) is 47.3 Å². The molecule has 1 aliphatic heterocycles. The molecule has 0 bridgehead atoms. The van der Waals surface area contributed by atoms with E-state index in [-0.39, 0.29) is 6.03 Å². The normalized spacial score (nSPS) is 15.6. The van der Waals surface area contributed by atoms with Gasteiger partial charge in [0.05, 0.1) is 0 Å². The lowest BCUT2D eigenvalue weighted by molar-refractivity contribution is -0.120. The summed E-state index contributed by atoms with van der Waals surface area (Å²) in [6.45, 7) is 5.26. The average molecular weight is 480 g/mol. The molecule has 1 N–H and O–H groups in total. The molecule has 5 nitrogen and oxygen atoms in total. The highest BCUT2D eigenvalue weighted by Crippen LogP contribution is 2.29. The first-order valence-electron chi connectivity index (χ1n) is 12.8.